The van der Waals surface area contributed by atoms with E-state index in [1.807, 2.05) is 0 Å². The number of carboxylic acid groups (broad SMARTS) is 1. The smallest absolute Gasteiger partial charge is 0.310 e. The first-order valence-electron chi connectivity index (χ1n) is 3.78. The summed E-state index contributed by atoms with van der Waals surface area (Å²) in [5.41, 5.74) is 0.0346. The topological polar surface area (TPSA) is 54.4 Å². The summed E-state index contributed by atoms with van der Waals surface area (Å²) in [5, 5.41) is 8.61. The van der Waals surface area contributed by atoms with Gasteiger partial charge in [0.15, 0.2) is 0 Å². The third-order valence-electron chi connectivity index (χ3n) is 2.72. The number of carbonyl (C=O) groups is 1. The molecule has 0 aromatic heterocycles. The molecule has 2 saturated carbocycles. The van der Waals surface area contributed by atoms with Crippen LogP contribution < -0.4 is 0 Å². The summed E-state index contributed by atoms with van der Waals surface area (Å²) in [5.74, 6) is -0.885. The van der Waals surface area contributed by atoms with Crippen LogP contribution in [0.5, 0.6) is 0 Å². The molecule has 2 rings (SSSR count). The van der Waals surface area contributed by atoms with Gasteiger partial charge in [0.25, 0.3) is 0 Å². The minimum absolute atomic E-state index is 0.0346. The molecule has 2 aliphatic rings. The van der Waals surface area contributed by atoms with Crippen molar-refractivity contribution in [2.45, 2.75) is 12.6 Å². The SMILES string of the molecule is O=C=C1C(F)C(C(=O)O)C2CC12. The van der Waals surface area contributed by atoms with Crippen LogP contribution in [0.15, 0.2) is 5.57 Å². The molecule has 0 bridgehead atoms. The van der Waals surface area contributed by atoms with Gasteiger partial charge in [-0.15, -0.1) is 0 Å². The lowest BCUT2D eigenvalue weighted by Crippen LogP contribution is -2.24. The van der Waals surface area contributed by atoms with Crippen LogP contribution in [0, 0.1) is 17.8 Å². The summed E-state index contributed by atoms with van der Waals surface area (Å²) in [6.07, 6.45) is -0.953. The van der Waals surface area contributed by atoms with Gasteiger partial charge in [-0.25, -0.2) is 9.18 Å². The van der Waals surface area contributed by atoms with E-state index in [4.69, 9.17) is 5.11 Å². The van der Waals surface area contributed by atoms with Crippen molar-refractivity contribution >= 4 is 11.9 Å². The van der Waals surface area contributed by atoms with Crippen molar-refractivity contribution in [3.63, 3.8) is 0 Å². The zero-order valence-electron chi connectivity index (χ0n) is 6.16. The van der Waals surface area contributed by atoms with Gasteiger partial charge >= 0.3 is 5.97 Å². The number of hydrogen-bond donors (Lipinski definition) is 1. The number of carboxylic acids is 1. The summed E-state index contributed by atoms with van der Waals surface area (Å²) in [4.78, 5) is 20.8. The maximum absolute atomic E-state index is 13.1. The Hall–Kier alpha value is -1.15. The molecule has 0 saturated heterocycles. The Labute approximate surface area is 67.9 Å². The molecular weight excluding hydrogens is 163 g/mol. The lowest BCUT2D eigenvalue weighted by Gasteiger charge is -2.09. The van der Waals surface area contributed by atoms with E-state index < -0.39 is 18.1 Å². The van der Waals surface area contributed by atoms with Gasteiger partial charge in [-0.3, -0.25) is 4.79 Å². The molecule has 0 radical (unpaired) electrons. The average Bonchev–Trinajstić information content (AvgIpc) is 2.65. The first-order valence-corrected chi connectivity index (χ1v) is 3.78. The quantitative estimate of drug-likeness (QED) is 0.580. The molecule has 4 atom stereocenters. The fraction of sp³-hybridized carbons (Fsp3) is 0.625. The molecule has 0 heterocycles. The Morgan fingerprint density at radius 3 is 2.67 bits per heavy atom. The highest BCUT2D eigenvalue weighted by Crippen LogP contribution is 2.58. The van der Waals surface area contributed by atoms with Crippen molar-refractivity contribution in [2.24, 2.45) is 17.8 Å². The van der Waals surface area contributed by atoms with Gasteiger partial charge < -0.3 is 5.11 Å². The van der Waals surface area contributed by atoms with Crippen LogP contribution in [0.4, 0.5) is 4.39 Å². The lowest BCUT2D eigenvalue weighted by molar-refractivity contribution is -0.143. The molecule has 0 aromatic carbocycles. The van der Waals surface area contributed by atoms with Crippen molar-refractivity contribution in [1.82, 2.24) is 0 Å². The third-order valence-corrected chi connectivity index (χ3v) is 2.72. The van der Waals surface area contributed by atoms with Gasteiger partial charge in [-0.05, 0) is 18.3 Å². The van der Waals surface area contributed by atoms with Crippen LogP contribution in [-0.4, -0.2) is 23.2 Å². The maximum atomic E-state index is 13.1. The molecule has 1 N–H and O–H groups in total. The number of hydrogen-bond acceptors (Lipinski definition) is 2. The van der Waals surface area contributed by atoms with Crippen LogP contribution in [0.2, 0.25) is 0 Å². The number of alkyl halides is 1. The maximum Gasteiger partial charge on any atom is 0.310 e. The van der Waals surface area contributed by atoms with Crippen molar-refractivity contribution in [3.05, 3.63) is 5.57 Å². The third kappa shape index (κ3) is 0.756. The lowest BCUT2D eigenvalue weighted by atomic mass is 10.0. The van der Waals surface area contributed by atoms with Crippen molar-refractivity contribution in [2.75, 3.05) is 0 Å². The number of halogens is 1. The second kappa shape index (κ2) is 2.17. The van der Waals surface area contributed by atoms with Gasteiger partial charge in [-0.1, -0.05) is 0 Å². The Kier molecular flexibility index (Phi) is 1.36. The summed E-state index contributed by atoms with van der Waals surface area (Å²) in [7, 11) is 0. The summed E-state index contributed by atoms with van der Waals surface area (Å²) >= 11 is 0. The molecule has 4 unspecified atom stereocenters. The van der Waals surface area contributed by atoms with Crippen LogP contribution in [0.25, 0.3) is 0 Å². The molecular formula is C8H7FO3. The van der Waals surface area contributed by atoms with E-state index >= 15 is 0 Å². The van der Waals surface area contributed by atoms with E-state index in [-0.39, 0.29) is 17.4 Å². The van der Waals surface area contributed by atoms with Crippen LogP contribution >= 0.6 is 0 Å². The molecule has 0 aromatic rings. The summed E-state index contributed by atoms with van der Waals surface area (Å²) in [6.45, 7) is 0. The fourth-order valence-electron chi connectivity index (χ4n) is 2.02. The Bertz CT molecular complexity index is 293. The minimum atomic E-state index is -1.59. The Morgan fingerprint density at radius 1 is 1.67 bits per heavy atom. The van der Waals surface area contributed by atoms with E-state index in [1.54, 1.807) is 0 Å². The number of aliphatic carboxylic acids is 1. The molecule has 0 aliphatic heterocycles. The summed E-state index contributed by atoms with van der Waals surface area (Å²) < 4.78 is 13.1. The number of rotatable bonds is 1. The highest BCUT2D eigenvalue weighted by molar-refractivity contribution is 5.76. The van der Waals surface area contributed by atoms with Gasteiger partial charge in [0.1, 0.15) is 12.1 Å². The molecule has 0 spiro atoms. The van der Waals surface area contributed by atoms with E-state index in [2.05, 4.69) is 0 Å². The Balaban J connectivity index is 2.31. The van der Waals surface area contributed by atoms with E-state index in [0.29, 0.717) is 6.42 Å². The molecule has 2 aliphatic carbocycles. The predicted molar refractivity (Wildman–Crippen MR) is 36.8 cm³/mol. The monoisotopic (exact) mass is 170 g/mol. The van der Waals surface area contributed by atoms with Gasteiger partial charge in [0, 0.05) is 0 Å². The second-order valence-electron chi connectivity index (χ2n) is 3.33. The molecule has 2 fully saturated rings. The number of allylic oxidation sites excluding steroid dienone is 1. The van der Waals surface area contributed by atoms with Crippen LogP contribution in [0.3, 0.4) is 0 Å². The van der Waals surface area contributed by atoms with Gasteiger partial charge in [0.05, 0.1) is 11.5 Å². The minimum Gasteiger partial charge on any atom is -0.481 e. The number of carbonyl (C=O) groups excluding carboxylic acids is 1. The van der Waals surface area contributed by atoms with Crippen LogP contribution in [0.1, 0.15) is 6.42 Å². The average molecular weight is 170 g/mol. The van der Waals surface area contributed by atoms with Crippen LogP contribution in [-0.2, 0) is 9.59 Å². The predicted octanol–water partition coefficient (Wildman–Crippen LogP) is 0.433. The zero-order valence-corrected chi connectivity index (χ0v) is 6.16. The normalized spacial score (nSPS) is 43.6. The van der Waals surface area contributed by atoms with E-state index in [0.717, 1.165) is 0 Å². The first-order chi connectivity index (χ1) is 5.66. The number of fused-ring (bicyclic) bond motifs is 1. The molecule has 12 heavy (non-hydrogen) atoms. The highest BCUT2D eigenvalue weighted by atomic mass is 19.1. The zero-order chi connectivity index (χ0) is 8.88. The van der Waals surface area contributed by atoms with Crippen molar-refractivity contribution in [3.8, 4) is 0 Å². The second-order valence-corrected chi connectivity index (χ2v) is 3.33. The first kappa shape index (κ1) is 7.50. The van der Waals surface area contributed by atoms with Crippen molar-refractivity contribution < 1.29 is 19.1 Å². The standard InChI is InChI=1S/C8H7FO3/c9-7-5(2-10)3-1-4(3)6(7)8(11)12/h3-4,6-7H,1H2,(H,11,12). The molecule has 3 nitrogen and oxygen atoms in total. The Morgan fingerprint density at radius 2 is 2.33 bits per heavy atom. The molecule has 4 heteroatoms. The molecule has 0 amide bonds. The van der Waals surface area contributed by atoms with E-state index in [9.17, 15) is 14.0 Å². The van der Waals surface area contributed by atoms with Gasteiger partial charge in [-0.2, -0.15) is 0 Å². The molecule has 64 valence electrons. The fourth-order valence-corrected chi connectivity index (χ4v) is 2.02. The van der Waals surface area contributed by atoms with Gasteiger partial charge in [0.2, 0.25) is 0 Å². The van der Waals surface area contributed by atoms with E-state index in [1.165, 1.54) is 5.94 Å². The summed E-state index contributed by atoms with van der Waals surface area (Å²) in [6, 6.07) is 0. The largest absolute Gasteiger partial charge is 0.481 e. The highest BCUT2D eigenvalue weighted by Gasteiger charge is 2.61. The van der Waals surface area contributed by atoms with Crippen molar-refractivity contribution in [1.29, 1.82) is 0 Å².